The molecule has 164 valence electrons. The number of fused-ring (bicyclic) bond motifs is 6. The molecule has 0 saturated carbocycles. The van der Waals surface area contributed by atoms with Crippen molar-refractivity contribution in [1.29, 1.82) is 21.0 Å². The molecular weight excluding hydrogens is 453 g/mol. The maximum atomic E-state index is 15.0. The van der Waals surface area contributed by atoms with Crippen LogP contribution in [-0.4, -0.2) is 9.97 Å². The van der Waals surface area contributed by atoms with Gasteiger partial charge < -0.3 is 0 Å². The van der Waals surface area contributed by atoms with Crippen molar-refractivity contribution in [3.63, 3.8) is 0 Å². The van der Waals surface area contributed by atoms with Gasteiger partial charge in [0, 0.05) is 33.9 Å². The molecule has 0 bridgehead atoms. The van der Waals surface area contributed by atoms with Crippen molar-refractivity contribution in [2.24, 2.45) is 0 Å². The Hall–Kier alpha value is -5.25. The molecule has 0 aliphatic heterocycles. The monoisotopic (exact) mass is 462 g/mol. The van der Waals surface area contributed by atoms with Crippen molar-refractivity contribution in [2.45, 2.75) is 13.3 Å². The highest BCUT2D eigenvalue weighted by atomic mass is 19.1. The van der Waals surface area contributed by atoms with Gasteiger partial charge in [-0.25, -0.2) is 23.1 Å². The van der Waals surface area contributed by atoms with Crippen molar-refractivity contribution >= 4 is 11.1 Å². The first-order valence-corrected chi connectivity index (χ1v) is 10.2. The minimum Gasteiger partial charge on any atom is -0.243 e. The third kappa shape index (κ3) is 2.86. The van der Waals surface area contributed by atoms with Gasteiger partial charge in [-0.2, -0.15) is 21.0 Å². The first-order chi connectivity index (χ1) is 16.9. The van der Waals surface area contributed by atoms with Gasteiger partial charge in [-0.1, -0.05) is 6.92 Å². The molecular formula is C26H9F3N6. The SMILES string of the molecule is CCc1cc(F)cc2c1-c1nc3c(nc1C2=C(C#N)C#N)-c1c(F)cc(F)cc1C3=C(C#N)C#N. The molecule has 0 fully saturated rings. The molecule has 35 heavy (non-hydrogen) atoms. The molecule has 0 radical (unpaired) electrons. The lowest BCUT2D eigenvalue weighted by atomic mass is 9.97. The fourth-order valence-electron chi connectivity index (χ4n) is 4.60. The maximum Gasteiger partial charge on any atom is 0.139 e. The van der Waals surface area contributed by atoms with Gasteiger partial charge in [0.15, 0.2) is 0 Å². The summed E-state index contributed by atoms with van der Waals surface area (Å²) < 4.78 is 43.6. The van der Waals surface area contributed by atoms with Gasteiger partial charge in [-0.15, -0.1) is 0 Å². The Bertz CT molecular complexity index is 1720. The molecule has 1 aromatic heterocycles. The number of benzene rings is 2. The van der Waals surface area contributed by atoms with E-state index in [-0.39, 0.29) is 56.2 Å². The van der Waals surface area contributed by atoms with Gasteiger partial charge in [0.2, 0.25) is 0 Å². The van der Waals surface area contributed by atoms with E-state index in [0.717, 1.165) is 6.07 Å². The third-order valence-electron chi connectivity index (χ3n) is 5.95. The van der Waals surface area contributed by atoms with E-state index in [1.807, 2.05) is 0 Å². The van der Waals surface area contributed by atoms with Gasteiger partial charge in [0.25, 0.3) is 0 Å². The Balaban J connectivity index is 2.00. The largest absolute Gasteiger partial charge is 0.243 e. The highest BCUT2D eigenvalue weighted by Crippen LogP contribution is 2.51. The number of hydrogen-bond acceptors (Lipinski definition) is 6. The molecule has 9 heteroatoms. The summed E-state index contributed by atoms with van der Waals surface area (Å²) in [6.07, 6.45) is 0.379. The van der Waals surface area contributed by atoms with Crippen LogP contribution in [0.15, 0.2) is 35.4 Å². The molecule has 0 N–H and O–H groups in total. The van der Waals surface area contributed by atoms with Gasteiger partial charge in [0.1, 0.15) is 70.0 Å². The van der Waals surface area contributed by atoms with Crippen molar-refractivity contribution in [3.05, 3.63) is 80.9 Å². The summed E-state index contributed by atoms with van der Waals surface area (Å²) in [5.74, 6) is -2.49. The number of aryl methyl sites for hydroxylation is 1. The Morgan fingerprint density at radius 3 is 1.63 bits per heavy atom. The molecule has 6 nitrogen and oxygen atoms in total. The van der Waals surface area contributed by atoms with Crippen LogP contribution in [0.2, 0.25) is 0 Å². The third-order valence-corrected chi connectivity index (χ3v) is 5.95. The Labute approximate surface area is 196 Å². The number of allylic oxidation sites excluding steroid dienone is 2. The molecule has 5 rings (SSSR count). The van der Waals surface area contributed by atoms with Gasteiger partial charge >= 0.3 is 0 Å². The molecule has 2 aromatic carbocycles. The highest BCUT2D eigenvalue weighted by molar-refractivity contribution is 6.07. The van der Waals surface area contributed by atoms with E-state index in [1.165, 1.54) is 12.1 Å². The first kappa shape index (κ1) is 21.6. The van der Waals surface area contributed by atoms with Crippen molar-refractivity contribution < 1.29 is 13.2 Å². The standard InChI is InChI=1S/C26H9F3N6/c1-2-11-3-14(27)4-16-19(11)23-24(20(16)12(7-30)8-31)35-26-22-17(5-15(28)6-18(22)29)21(25(26)34-23)13(9-32)10-33/h3-6H,2H2,1H3. The fraction of sp³-hybridized carbons (Fsp3) is 0.0769. The number of rotatable bonds is 1. The summed E-state index contributed by atoms with van der Waals surface area (Å²) in [5.41, 5.74) is 0.364. The van der Waals surface area contributed by atoms with Crippen LogP contribution in [0, 0.1) is 62.8 Å². The highest BCUT2D eigenvalue weighted by Gasteiger charge is 2.38. The van der Waals surface area contributed by atoms with E-state index in [4.69, 9.17) is 0 Å². The topological polar surface area (TPSA) is 121 Å². The molecule has 1 heterocycles. The van der Waals surface area contributed by atoms with Crippen LogP contribution in [0.5, 0.6) is 0 Å². The molecule has 0 atom stereocenters. The molecule has 0 spiro atoms. The van der Waals surface area contributed by atoms with Crippen LogP contribution >= 0.6 is 0 Å². The molecule has 0 unspecified atom stereocenters. The average molecular weight is 462 g/mol. The van der Waals surface area contributed by atoms with Crippen molar-refractivity contribution in [3.8, 4) is 46.8 Å². The zero-order valence-corrected chi connectivity index (χ0v) is 17.8. The Morgan fingerprint density at radius 2 is 1.14 bits per heavy atom. The molecule has 0 saturated heterocycles. The van der Waals surface area contributed by atoms with E-state index in [1.54, 1.807) is 31.2 Å². The number of aromatic nitrogens is 2. The summed E-state index contributed by atoms with van der Waals surface area (Å²) in [5, 5.41) is 38.2. The second-order valence-corrected chi connectivity index (χ2v) is 7.72. The molecule has 3 aromatic rings. The van der Waals surface area contributed by atoms with Crippen LogP contribution in [0.1, 0.15) is 35.0 Å². The maximum absolute atomic E-state index is 15.0. The smallest absolute Gasteiger partial charge is 0.139 e. The quantitative estimate of drug-likeness (QED) is 0.319. The molecule has 2 aliphatic carbocycles. The lowest BCUT2D eigenvalue weighted by molar-refractivity contribution is 0.585. The lowest BCUT2D eigenvalue weighted by Gasteiger charge is -2.08. The van der Waals surface area contributed by atoms with Crippen LogP contribution in [0.25, 0.3) is 33.7 Å². The predicted octanol–water partition coefficient (Wildman–Crippen LogP) is 5.12. The summed E-state index contributed by atoms with van der Waals surface area (Å²) in [7, 11) is 0. The zero-order chi connectivity index (χ0) is 25.0. The van der Waals surface area contributed by atoms with Crippen LogP contribution in [-0.2, 0) is 6.42 Å². The average Bonchev–Trinajstić information content (AvgIpc) is 3.31. The summed E-state index contributed by atoms with van der Waals surface area (Å²) in [6, 6.07) is 11.2. The van der Waals surface area contributed by atoms with Crippen LogP contribution < -0.4 is 0 Å². The van der Waals surface area contributed by atoms with Gasteiger partial charge in [0.05, 0.1) is 5.69 Å². The number of nitrogens with zero attached hydrogens (tertiary/aromatic N) is 6. The van der Waals surface area contributed by atoms with Crippen molar-refractivity contribution in [2.75, 3.05) is 0 Å². The van der Waals surface area contributed by atoms with E-state index in [0.29, 0.717) is 23.6 Å². The Morgan fingerprint density at radius 1 is 0.686 bits per heavy atom. The summed E-state index contributed by atoms with van der Waals surface area (Å²) >= 11 is 0. The minimum absolute atomic E-state index is 0.0182. The molecule has 2 aliphatic rings. The van der Waals surface area contributed by atoms with Crippen LogP contribution in [0.3, 0.4) is 0 Å². The lowest BCUT2D eigenvalue weighted by Crippen LogP contribution is -1.99. The summed E-state index contributed by atoms with van der Waals surface area (Å²) in [6.45, 7) is 1.79. The van der Waals surface area contributed by atoms with Gasteiger partial charge in [-0.05, 0) is 35.7 Å². The Kier molecular flexibility index (Phi) is 4.73. The molecule has 0 amide bonds. The van der Waals surface area contributed by atoms with E-state index >= 15 is 0 Å². The number of halogens is 3. The second-order valence-electron chi connectivity index (χ2n) is 7.72. The zero-order valence-electron chi connectivity index (χ0n) is 17.8. The summed E-state index contributed by atoms with van der Waals surface area (Å²) in [4.78, 5) is 9.14. The van der Waals surface area contributed by atoms with E-state index in [2.05, 4.69) is 9.97 Å². The van der Waals surface area contributed by atoms with Crippen LogP contribution in [0.4, 0.5) is 13.2 Å². The predicted molar refractivity (Wildman–Crippen MR) is 117 cm³/mol. The minimum atomic E-state index is -0.983. The first-order valence-electron chi connectivity index (χ1n) is 10.2. The van der Waals surface area contributed by atoms with Gasteiger partial charge in [-0.3, -0.25) is 0 Å². The number of nitriles is 4. The van der Waals surface area contributed by atoms with Crippen molar-refractivity contribution in [1.82, 2.24) is 9.97 Å². The van der Waals surface area contributed by atoms with E-state index in [9.17, 15) is 34.2 Å². The number of hydrogen-bond donors (Lipinski definition) is 0. The fourth-order valence-corrected chi connectivity index (χ4v) is 4.60. The second kappa shape index (κ2) is 7.66. The normalized spacial score (nSPS) is 11.9. The van der Waals surface area contributed by atoms with E-state index < -0.39 is 23.0 Å².